The molecule has 0 aliphatic rings. The van der Waals surface area contributed by atoms with Crippen molar-refractivity contribution in [2.24, 2.45) is 7.05 Å². The second-order valence-corrected chi connectivity index (χ2v) is 11.6. The SMILES string of the molecule is Cn1c(-c2ccccc2C(F)(F)F)c(C(=O)CCNC(=O)c2ccc3nc(-c4ccccc4Br)[nH]c3c2)c2cc(C(=O)O)c(O)cc21. The van der Waals surface area contributed by atoms with Crippen molar-refractivity contribution < 1.29 is 37.8 Å². The van der Waals surface area contributed by atoms with Gasteiger partial charge in [0.05, 0.1) is 33.4 Å². The normalized spacial score (nSPS) is 11.7. The Morgan fingerprint density at radius 2 is 1.68 bits per heavy atom. The fourth-order valence-electron chi connectivity index (χ4n) is 5.62. The lowest BCUT2D eigenvalue weighted by Crippen LogP contribution is -2.26. The molecule has 2 heterocycles. The van der Waals surface area contributed by atoms with E-state index in [1.165, 1.54) is 29.8 Å². The quantitative estimate of drug-likeness (QED) is 0.121. The molecule has 238 valence electrons. The van der Waals surface area contributed by atoms with E-state index >= 15 is 0 Å². The Bertz CT molecular complexity index is 2240. The number of hydrogen-bond donors (Lipinski definition) is 4. The lowest BCUT2D eigenvalue weighted by molar-refractivity contribution is -0.137. The molecule has 6 aromatic rings. The number of nitrogens with one attached hydrogen (secondary N) is 2. The fraction of sp³-hybridized carbons (Fsp3) is 0.118. The summed E-state index contributed by atoms with van der Waals surface area (Å²) in [6, 6.07) is 19.3. The predicted octanol–water partition coefficient (Wildman–Crippen LogP) is 7.58. The number of carbonyl (C=O) groups excluding carboxylic acids is 2. The molecule has 0 bridgehead atoms. The molecule has 0 aliphatic carbocycles. The number of H-pyrrole nitrogens is 1. The number of aryl methyl sites for hydroxylation is 1. The van der Waals surface area contributed by atoms with Crippen molar-refractivity contribution in [2.45, 2.75) is 12.6 Å². The molecular weight excluding hydrogens is 681 g/mol. The number of rotatable bonds is 8. The van der Waals surface area contributed by atoms with E-state index in [4.69, 9.17) is 0 Å². The summed E-state index contributed by atoms with van der Waals surface area (Å²) >= 11 is 3.50. The number of alkyl halides is 3. The van der Waals surface area contributed by atoms with Gasteiger partial charge in [0.1, 0.15) is 17.1 Å². The molecule has 4 aromatic carbocycles. The summed E-state index contributed by atoms with van der Waals surface area (Å²) in [6.07, 6.45) is -5.07. The molecular formula is C34H24BrF3N4O5. The van der Waals surface area contributed by atoms with Crippen LogP contribution in [0.25, 0.3) is 44.6 Å². The number of hydrogen-bond acceptors (Lipinski definition) is 5. The highest BCUT2D eigenvalue weighted by Crippen LogP contribution is 2.42. The maximum absolute atomic E-state index is 14.1. The Morgan fingerprint density at radius 3 is 2.38 bits per heavy atom. The first-order chi connectivity index (χ1) is 22.3. The van der Waals surface area contributed by atoms with Gasteiger partial charge in [0.2, 0.25) is 0 Å². The summed E-state index contributed by atoms with van der Waals surface area (Å²) in [5, 5.41) is 22.7. The van der Waals surface area contributed by atoms with E-state index in [0.29, 0.717) is 22.4 Å². The van der Waals surface area contributed by atoms with Crippen molar-refractivity contribution >= 4 is 55.5 Å². The van der Waals surface area contributed by atoms with Crippen LogP contribution >= 0.6 is 15.9 Å². The smallest absolute Gasteiger partial charge is 0.417 e. The Labute approximate surface area is 272 Å². The van der Waals surface area contributed by atoms with Gasteiger partial charge in [-0.3, -0.25) is 9.59 Å². The first-order valence-corrected chi connectivity index (χ1v) is 15.0. The van der Waals surface area contributed by atoms with Crippen molar-refractivity contribution in [3.05, 3.63) is 106 Å². The number of phenols is 1. The second-order valence-electron chi connectivity index (χ2n) is 10.7. The predicted molar refractivity (Wildman–Crippen MR) is 172 cm³/mol. The zero-order valence-corrected chi connectivity index (χ0v) is 26.0. The maximum Gasteiger partial charge on any atom is 0.417 e. The van der Waals surface area contributed by atoms with E-state index < -0.39 is 40.7 Å². The molecule has 6 rings (SSSR count). The van der Waals surface area contributed by atoms with Crippen LogP contribution < -0.4 is 5.32 Å². The van der Waals surface area contributed by atoms with Crippen LogP contribution in [0, 0.1) is 0 Å². The number of aromatic hydroxyl groups is 1. The van der Waals surface area contributed by atoms with Crippen molar-refractivity contribution in [3.63, 3.8) is 0 Å². The molecule has 0 fully saturated rings. The third kappa shape index (κ3) is 5.85. The van der Waals surface area contributed by atoms with Gasteiger partial charge in [0.25, 0.3) is 5.91 Å². The Balaban J connectivity index is 1.30. The average molecular weight is 705 g/mol. The van der Waals surface area contributed by atoms with Crippen molar-refractivity contribution in [1.82, 2.24) is 19.9 Å². The van der Waals surface area contributed by atoms with E-state index in [1.54, 1.807) is 18.2 Å². The first-order valence-electron chi connectivity index (χ1n) is 14.2. The van der Waals surface area contributed by atoms with Gasteiger partial charge in [-0.25, -0.2) is 9.78 Å². The Hall–Kier alpha value is -5.43. The van der Waals surface area contributed by atoms with Crippen molar-refractivity contribution in [3.8, 4) is 28.4 Å². The fourth-order valence-corrected chi connectivity index (χ4v) is 6.10. The molecule has 0 atom stereocenters. The lowest BCUT2D eigenvalue weighted by Gasteiger charge is -2.15. The summed E-state index contributed by atoms with van der Waals surface area (Å²) in [5.74, 6) is -2.60. The molecule has 0 saturated carbocycles. The zero-order chi connectivity index (χ0) is 33.6. The third-order valence-corrected chi connectivity index (χ3v) is 8.52. The van der Waals surface area contributed by atoms with Gasteiger partial charge in [0.15, 0.2) is 5.78 Å². The number of aromatic carboxylic acids is 1. The molecule has 0 unspecified atom stereocenters. The Kier molecular flexibility index (Phi) is 8.10. The zero-order valence-electron chi connectivity index (χ0n) is 24.4. The summed E-state index contributed by atoms with van der Waals surface area (Å²) in [4.78, 5) is 46.4. The molecule has 0 radical (unpaired) electrons. The maximum atomic E-state index is 14.1. The summed E-state index contributed by atoms with van der Waals surface area (Å²) in [5.41, 5.74) is 0.469. The standard InChI is InChI=1S/C34H24BrF3N4O5/c1-42-26-16-28(44)21(33(46)47)15-20(26)29(30(42)18-6-2-4-8-22(18)34(36,37)38)27(43)12-13-39-32(45)17-10-11-24-25(14-17)41-31(40-24)19-7-3-5-9-23(19)35/h2-11,14-16,44H,12-13H2,1H3,(H,39,45)(H,40,41)(H,46,47). The van der Waals surface area contributed by atoms with Crippen LogP contribution in [0.2, 0.25) is 0 Å². The average Bonchev–Trinajstić information content (AvgIpc) is 3.58. The van der Waals surface area contributed by atoms with Crippen molar-refractivity contribution in [1.29, 1.82) is 0 Å². The van der Waals surface area contributed by atoms with Gasteiger partial charge in [-0.15, -0.1) is 0 Å². The van der Waals surface area contributed by atoms with Gasteiger partial charge >= 0.3 is 12.1 Å². The van der Waals surface area contributed by atoms with Gasteiger partial charge in [-0.05, 0) is 36.4 Å². The van der Waals surface area contributed by atoms with Crippen LogP contribution in [0.5, 0.6) is 5.75 Å². The third-order valence-electron chi connectivity index (χ3n) is 7.82. The first kappa shape index (κ1) is 31.5. The second kappa shape index (κ2) is 12.1. The number of carboxylic acid groups (broad SMARTS) is 1. The molecule has 2 aromatic heterocycles. The van der Waals surface area contributed by atoms with Gasteiger partial charge in [-0.1, -0.05) is 52.3 Å². The van der Waals surface area contributed by atoms with Crippen LogP contribution in [0.1, 0.15) is 43.1 Å². The van der Waals surface area contributed by atoms with Gasteiger partial charge in [0, 0.05) is 52.6 Å². The molecule has 0 spiro atoms. The van der Waals surface area contributed by atoms with Crippen LogP contribution in [0.3, 0.4) is 0 Å². The number of ketones is 1. The highest BCUT2D eigenvalue weighted by atomic mass is 79.9. The number of Topliss-reactive ketones (excluding diaryl/α,β-unsaturated/α-hetero) is 1. The van der Waals surface area contributed by atoms with E-state index in [2.05, 4.69) is 31.2 Å². The number of fused-ring (bicyclic) bond motifs is 2. The number of amides is 1. The van der Waals surface area contributed by atoms with Gasteiger partial charge < -0.3 is 25.1 Å². The van der Waals surface area contributed by atoms with E-state index in [9.17, 15) is 37.8 Å². The number of benzene rings is 4. The minimum absolute atomic E-state index is 0.0524. The van der Waals surface area contributed by atoms with E-state index in [1.807, 2.05) is 24.3 Å². The number of halogens is 4. The number of aromatic amines is 1. The minimum Gasteiger partial charge on any atom is -0.507 e. The molecule has 9 nitrogen and oxygen atoms in total. The van der Waals surface area contributed by atoms with Crippen LogP contribution in [-0.4, -0.2) is 49.0 Å². The largest absolute Gasteiger partial charge is 0.507 e. The van der Waals surface area contributed by atoms with Crippen molar-refractivity contribution in [2.75, 3.05) is 6.54 Å². The van der Waals surface area contributed by atoms with Crippen LogP contribution in [-0.2, 0) is 13.2 Å². The highest BCUT2D eigenvalue weighted by molar-refractivity contribution is 9.10. The molecule has 0 aliphatic heterocycles. The molecule has 47 heavy (non-hydrogen) atoms. The molecule has 1 amide bonds. The summed E-state index contributed by atoms with van der Waals surface area (Å²) < 4.78 is 44.4. The number of aromatic nitrogens is 3. The highest BCUT2D eigenvalue weighted by Gasteiger charge is 2.36. The lowest BCUT2D eigenvalue weighted by atomic mass is 9.96. The Morgan fingerprint density at radius 1 is 0.979 bits per heavy atom. The number of nitrogens with zero attached hydrogens (tertiary/aromatic N) is 2. The minimum atomic E-state index is -4.76. The van der Waals surface area contributed by atoms with Gasteiger partial charge in [-0.2, -0.15) is 13.2 Å². The topological polar surface area (TPSA) is 137 Å². The summed E-state index contributed by atoms with van der Waals surface area (Å²) in [7, 11) is 1.43. The number of carboxylic acids is 1. The molecule has 4 N–H and O–H groups in total. The monoisotopic (exact) mass is 704 g/mol. The van der Waals surface area contributed by atoms with E-state index in [0.717, 1.165) is 28.2 Å². The van der Waals surface area contributed by atoms with Crippen LogP contribution in [0.4, 0.5) is 13.2 Å². The summed E-state index contributed by atoms with van der Waals surface area (Å²) in [6.45, 7) is -0.165. The molecule has 13 heteroatoms. The molecule has 0 saturated heterocycles. The van der Waals surface area contributed by atoms with Crippen LogP contribution in [0.15, 0.2) is 83.3 Å². The van der Waals surface area contributed by atoms with E-state index in [-0.39, 0.29) is 40.7 Å². The number of imidazole rings is 1. The number of carbonyl (C=O) groups is 3.